The predicted octanol–water partition coefficient (Wildman–Crippen LogP) is 5.17. The number of hydrogen-bond donors (Lipinski definition) is 1. The Morgan fingerprint density at radius 3 is 3.04 bits per heavy atom. The summed E-state index contributed by atoms with van der Waals surface area (Å²) < 4.78 is 11.1. The molecule has 0 radical (unpaired) electrons. The van der Waals surface area contributed by atoms with Crippen LogP contribution in [-0.2, 0) is 16.0 Å². The van der Waals surface area contributed by atoms with Crippen molar-refractivity contribution < 1.29 is 14.3 Å². The van der Waals surface area contributed by atoms with E-state index in [0.29, 0.717) is 23.2 Å². The maximum absolute atomic E-state index is 12.2. The molecule has 0 aromatic heterocycles. The molecule has 0 amide bonds. The highest BCUT2D eigenvalue weighted by Gasteiger charge is 2.34. The number of ether oxygens (including phenoxy) is 2. The number of nitrogens with one attached hydrogen (secondary N) is 1. The van der Waals surface area contributed by atoms with E-state index >= 15 is 0 Å². The van der Waals surface area contributed by atoms with Gasteiger partial charge in [-0.15, -0.1) is 11.8 Å². The first-order valence-corrected chi connectivity index (χ1v) is 11.0. The Morgan fingerprint density at radius 1 is 1.36 bits per heavy atom. The fourth-order valence-electron chi connectivity index (χ4n) is 3.58. The molecule has 2 aromatic rings. The maximum Gasteiger partial charge on any atom is 0.307 e. The first-order chi connectivity index (χ1) is 13.6. The van der Waals surface area contributed by atoms with Crippen LogP contribution in [0.4, 0.5) is 5.69 Å². The van der Waals surface area contributed by atoms with Crippen molar-refractivity contribution >= 4 is 52.2 Å². The van der Waals surface area contributed by atoms with Gasteiger partial charge in [0, 0.05) is 22.7 Å². The van der Waals surface area contributed by atoms with Gasteiger partial charge in [0.25, 0.3) is 0 Å². The molecule has 2 heterocycles. The second-order valence-electron chi connectivity index (χ2n) is 6.67. The van der Waals surface area contributed by atoms with E-state index in [-0.39, 0.29) is 22.9 Å². The van der Waals surface area contributed by atoms with Crippen molar-refractivity contribution in [3.05, 3.63) is 58.1 Å². The summed E-state index contributed by atoms with van der Waals surface area (Å²) in [5.41, 5.74) is 4.25. The summed E-state index contributed by atoms with van der Waals surface area (Å²) in [4.78, 5) is 12.8. The van der Waals surface area contributed by atoms with Gasteiger partial charge >= 0.3 is 5.97 Å². The molecule has 0 spiro atoms. The topological polar surface area (TPSA) is 47.6 Å². The van der Waals surface area contributed by atoms with Gasteiger partial charge in [-0.2, -0.15) is 0 Å². The third-order valence-corrected chi connectivity index (χ3v) is 7.11. The second kappa shape index (κ2) is 8.31. The second-order valence-corrected chi connectivity index (χ2v) is 8.86. The highest BCUT2D eigenvalue weighted by atomic mass is 35.5. The predicted molar refractivity (Wildman–Crippen MR) is 118 cm³/mol. The smallest absolute Gasteiger partial charge is 0.307 e. The van der Waals surface area contributed by atoms with E-state index in [2.05, 4.69) is 23.5 Å². The zero-order chi connectivity index (χ0) is 19.7. The summed E-state index contributed by atoms with van der Waals surface area (Å²) in [6.45, 7) is 2.85. The Balaban J connectivity index is 1.77. The molecule has 0 fully saturated rings. The fraction of sp³-hybridized carbons (Fsp3) is 0.333. The van der Waals surface area contributed by atoms with E-state index in [1.54, 1.807) is 18.7 Å². The molecule has 4 rings (SSSR count). The first-order valence-electron chi connectivity index (χ1n) is 9.22. The molecule has 7 heteroatoms. The van der Waals surface area contributed by atoms with Crippen molar-refractivity contribution in [2.45, 2.75) is 30.3 Å². The lowest BCUT2D eigenvalue weighted by atomic mass is 9.99. The number of thiocarbonyl (C=S) groups is 1. The van der Waals surface area contributed by atoms with Gasteiger partial charge < -0.3 is 14.8 Å². The van der Waals surface area contributed by atoms with Crippen LogP contribution in [0.5, 0.6) is 5.75 Å². The SMILES string of the molecule is CCOC(=O)C[C@H]1S[C@H](c2cccc3c2OCC3)c2cc(Cl)ccc2NC1=S. The zero-order valence-electron chi connectivity index (χ0n) is 15.4. The minimum absolute atomic E-state index is 0.0610. The number of hydrogen-bond acceptors (Lipinski definition) is 5. The molecule has 2 aliphatic heterocycles. The number of carbonyl (C=O) groups excluding carboxylic acids is 1. The summed E-state index contributed by atoms with van der Waals surface area (Å²) >= 11 is 13.6. The number of para-hydroxylation sites is 1. The third kappa shape index (κ3) is 3.86. The zero-order valence-corrected chi connectivity index (χ0v) is 17.8. The fourth-order valence-corrected chi connectivity index (χ4v) is 5.53. The van der Waals surface area contributed by atoms with Gasteiger partial charge in [-0.05, 0) is 36.2 Å². The molecule has 2 atom stereocenters. The van der Waals surface area contributed by atoms with Crippen LogP contribution >= 0.6 is 35.6 Å². The Kier molecular flexibility index (Phi) is 5.80. The Labute approximate surface area is 178 Å². The summed E-state index contributed by atoms with van der Waals surface area (Å²) in [6.07, 6.45) is 1.13. The molecule has 0 saturated carbocycles. The molecule has 4 nitrogen and oxygen atoms in total. The van der Waals surface area contributed by atoms with Crippen LogP contribution in [0.1, 0.15) is 35.3 Å². The van der Waals surface area contributed by atoms with Crippen molar-refractivity contribution in [3.63, 3.8) is 0 Å². The monoisotopic (exact) mass is 433 g/mol. The van der Waals surface area contributed by atoms with Gasteiger partial charge in [0.15, 0.2) is 0 Å². The highest BCUT2D eigenvalue weighted by molar-refractivity contribution is 8.02. The lowest BCUT2D eigenvalue weighted by Crippen LogP contribution is -2.25. The van der Waals surface area contributed by atoms with Crippen molar-refractivity contribution in [2.75, 3.05) is 18.5 Å². The van der Waals surface area contributed by atoms with Crippen molar-refractivity contribution in [1.82, 2.24) is 0 Å². The van der Waals surface area contributed by atoms with E-state index in [0.717, 1.165) is 29.0 Å². The number of carbonyl (C=O) groups is 1. The molecule has 0 unspecified atom stereocenters. The number of esters is 1. The first kappa shape index (κ1) is 19.6. The molecular weight excluding hydrogens is 414 g/mol. The molecule has 2 aliphatic rings. The van der Waals surface area contributed by atoms with Gasteiger partial charge in [-0.3, -0.25) is 4.79 Å². The highest BCUT2D eigenvalue weighted by Crippen LogP contribution is 2.49. The van der Waals surface area contributed by atoms with Gasteiger partial charge in [-0.25, -0.2) is 0 Å². The van der Waals surface area contributed by atoms with Crippen LogP contribution in [0.2, 0.25) is 5.02 Å². The third-order valence-electron chi connectivity index (χ3n) is 4.83. The van der Waals surface area contributed by atoms with Crippen LogP contribution < -0.4 is 10.1 Å². The minimum Gasteiger partial charge on any atom is -0.493 e. The number of benzene rings is 2. The average molecular weight is 434 g/mol. The number of anilines is 1. The van der Waals surface area contributed by atoms with E-state index in [1.165, 1.54) is 5.56 Å². The quantitative estimate of drug-likeness (QED) is 0.530. The molecular formula is C21H20ClNO3S2. The normalized spacial score (nSPS) is 20.4. The largest absolute Gasteiger partial charge is 0.493 e. The molecule has 1 N–H and O–H groups in total. The summed E-state index contributed by atoms with van der Waals surface area (Å²) in [5.74, 6) is 0.690. The average Bonchev–Trinajstić information content (AvgIpc) is 3.11. The molecule has 2 aromatic carbocycles. The summed E-state index contributed by atoms with van der Waals surface area (Å²) in [7, 11) is 0. The Morgan fingerprint density at radius 2 is 2.21 bits per heavy atom. The maximum atomic E-state index is 12.2. The Bertz CT molecular complexity index is 934. The van der Waals surface area contributed by atoms with Crippen LogP contribution in [0.25, 0.3) is 0 Å². The summed E-state index contributed by atoms with van der Waals surface area (Å²) in [6, 6.07) is 12.0. The van der Waals surface area contributed by atoms with E-state index in [9.17, 15) is 4.79 Å². The van der Waals surface area contributed by atoms with Crippen LogP contribution in [0, 0.1) is 0 Å². The summed E-state index contributed by atoms with van der Waals surface area (Å²) in [5, 5.41) is 3.71. The van der Waals surface area contributed by atoms with Gasteiger partial charge in [0.2, 0.25) is 0 Å². The number of thioether (sulfide) groups is 1. The van der Waals surface area contributed by atoms with Crippen LogP contribution in [0.15, 0.2) is 36.4 Å². The lowest BCUT2D eigenvalue weighted by molar-refractivity contribution is -0.142. The van der Waals surface area contributed by atoms with Crippen molar-refractivity contribution in [1.29, 1.82) is 0 Å². The van der Waals surface area contributed by atoms with E-state index < -0.39 is 0 Å². The van der Waals surface area contributed by atoms with Gasteiger partial charge in [0.1, 0.15) is 5.75 Å². The van der Waals surface area contributed by atoms with Crippen molar-refractivity contribution in [2.24, 2.45) is 0 Å². The van der Waals surface area contributed by atoms with Crippen LogP contribution in [0.3, 0.4) is 0 Å². The molecule has 146 valence electrons. The number of rotatable bonds is 4. The minimum atomic E-state index is -0.249. The Hall–Kier alpha value is -1.76. The van der Waals surface area contributed by atoms with Crippen LogP contribution in [-0.4, -0.2) is 29.4 Å². The number of halogens is 1. The number of fused-ring (bicyclic) bond motifs is 2. The van der Waals surface area contributed by atoms with E-state index in [4.69, 9.17) is 33.3 Å². The molecule has 0 saturated heterocycles. The van der Waals surface area contributed by atoms with Gasteiger partial charge in [0.05, 0.1) is 35.1 Å². The van der Waals surface area contributed by atoms with Crippen molar-refractivity contribution in [3.8, 4) is 5.75 Å². The van der Waals surface area contributed by atoms with E-state index in [1.807, 2.05) is 18.2 Å². The molecule has 0 aliphatic carbocycles. The standard InChI is InChI=1S/C21H20ClNO3S2/c1-2-25-18(24)11-17-21(27)23-16-7-6-13(22)10-15(16)20(28-17)14-5-3-4-12-8-9-26-19(12)14/h3-7,10,17,20H,2,8-9,11H2,1H3,(H,23,27)/t17-,20-/m1/s1. The molecule has 28 heavy (non-hydrogen) atoms. The lowest BCUT2D eigenvalue weighted by Gasteiger charge is -2.22. The molecule has 0 bridgehead atoms. The van der Waals surface area contributed by atoms with Gasteiger partial charge in [-0.1, -0.05) is 42.0 Å².